The summed E-state index contributed by atoms with van der Waals surface area (Å²) in [6, 6.07) is 19.9. The van der Waals surface area contributed by atoms with Gasteiger partial charge in [-0.25, -0.2) is 0 Å². The van der Waals surface area contributed by atoms with Gasteiger partial charge in [0.15, 0.2) is 0 Å². The minimum Gasteiger partial charge on any atom is -0.348 e. The summed E-state index contributed by atoms with van der Waals surface area (Å²) >= 11 is 0. The first kappa shape index (κ1) is 17.6. The van der Waals surface area contributed by atoms with Gasteiger partial charge in [-0.05, 0) is 42.2 Å². The first-order valence-corrected chi connectivity index (χ1v) is 10.00. The third kappa shape index (κ3) is 3.76. The molecular formula is C24H22N4O. The highest BCUT2D eigenvalue weighted by molar-refractivity contribution is 6.06. The first-order chi connectivity index (χ1) is 14.3. The minimum absolute atomic E-state index is 0.0561. The molecule has 5 nitrogen and oxygen atoms in total. The molecule has 1 amide bonds. The number of fused-ring (bicyclic) bond motifs is 1. The summed E-state index contributed by atoms with van der Waals surface area (Å²) in [5, 5.41) is 8.30. The molecule has 0 radical (unpaired) electrons. The molecule has 1 aliphatic rings. The lowest BCUT2D eigenvalue weighted by molar-refractivity contribution is 0.0952. The molecule has 5 rings (SSSR count). The maximum Gasteiger partial charge on any atom is 0.252 e. The van der Waals surface area contributed by atoms with Crippen molar-refractivity contribution in [3.05, 3.63) is 95.4 Å². The summed E-state index contributed by atoms with van der Waals surface area (Å²) in [4.78, 5) is 17.9. The molecule has 2 heterocycles. The molecule has 2 aromatic heterocycles. The Kier molecular flexibility index (Phi) is 4.56. The summed E-state index contributed by atoms with van der Waals surface area (Å²) < 4.78 is 1.89. The van der Waals surface area contributed by atoms with Gasteiger partial charge in [0.05, 0.1) is 17.6 Å². The van der Waals surface area contributed by atoms with Gasteiger partial charge in [-0.1, -0.05) is 42.5 Å². The summed E-state index contributed by atoms with van der Waals surface area (Å²) in [5.74, 6) is 0.445. The number of nitrogens with one attached hydrogen (secondary N) is 1. The maximum atomic E-state index is 13.1. The van der Waals surface area contributed by atoms with Crippen LogP contribution in [-0.4, -0.2) is 20.7 Å². The predicted octanol–water partition coefficient (Wildman–Crippen LogP) is 4.29. The smallest absolute Gasteiger partial charge is 0.252 e. The van der Waals surface area contributed by atoms with Gasteiger partial charge in [0.25, 0.3) is 5.91 Å². The molecule has 0 spiro atoms. The second kappa shape index (κ2) is 7.51. The van der Waals surface area contributed by atoms with Gasteiger partial charge in [0, 0.05) is 35.9 Å². The highest BCUT2D eigenvalue weighted by atomic mass is 16.1. The van der Waals surface area contributed by atoms with Crippen molar-refractivity contribution < 1.29 is 4.79 Å². The van der Waals surface area contributed by atoms with E-state index in [0.717, 1.165) is 40.6 Å². The van der Waals surface area contributed by atoms with E-state index < -0.39 is 0 Å². The lowest BCUT2D eigenvalue weighted by atomic mass is 10.0. The molecule has 29 heavy (non-hydrogen) atoms. The number of hydrogen-bond acceptors (Lipinski definition) is 3. The number of pyridine rings is 1. The van der Waals surface area contributed by atoms with Crippen molar-refractivity contribution in [3.63, 3.8) is 0 Å². The fourth-order valence-electron chi connectivity index (χ4n) is 3.70. The van der Waals surface area contributed by atoms with E-state index in [0.29, 0.717) is 24.6 Å². The Morgan fingerprint density at radius 1 is 1.03 bits per heavy atom. The van der Waals surface area contributed by atoms with Gasteiger partial charge in [-0.15, -0.1) is 0 Å². The Morgan fingerprint density at radius 2 is 1.83 bits per heavy atom. The van der Waals surface area contributed by atoms with Gasteiger partial charge in [0.1, 0.15) is 0 Å². The monoisotopic (exact) mass is 382 g/mol. The van der Waals surface area contributed by atoms with E-state index in [1.54, 1.807) is 6.20 Å². The van der Waals surface area contributed by atoms with Crippen LogP contribution in [0.3, 0.4) is 0 Å². The van der Waals surface area contributed by atoms with E-state index in [4.69, 9.17) is 4.98 Å². The van der Waals surface area contributed by atoms with Crippen molar-refractivity contribution in [2.75, 3.05) is 0 Å². The molecule has 1 aliphatic carbocycles. The molecular weight excluding hydrogens is 360 g/mol. The average Bonchev–Trinajstić information content (AvgIpc) is 3.49. The summed E-state index contributed by atoms with van der Waals surface area (Å²) in [6.45, 7) is 1.16. The number of carbonyl (C=O) groups excluding carboxylic acids is 1. The zero-order valence-electron chi connectivity index (χ0n) is 16.1. The van der Waals surface area contributed by atoms with E-state index in [1.807, 2.05) is 59.4 Å². The largest absolute Gasteiger partial charge is 0.348 e. The van der Waals surface area contributed by atoms with Crippen molar-refractivity contribution in [1.82, 2.24) is 20.1 Å². The quantitative estimate of drug-likeness (QED) is 0.541. The molecule has 2 aromatic carbocycles. The van der Waals surface area contributed by atoms with Crippen molar-refractivity contribution in [1.29, 1.82) is 0 Å². The Hall–Kier alpha value is -3.47. The van der Waals surface area contributed by atoms with Crippen molar-refractivity contribution >= 4 is 16.8 Å². The molecule has 0 unspecified atom stereocenters. The van der Waals surface area contributed by atoms with Gasteiger partial charge in [0.2, 0.25) is 0 Å². The van der Waals surface area contributed by atoms with Crippen LogP contribution in [0, 0.1) is 0 Å². The lowest BCUT2D eigenvalue weighted by Crippen LogP contribution is -2.24. The highest BCUT2D eigenvalue weighted by Crippen LogP contribution is 2.40. The number of hydrogen-bond donors (Lipinski definition) is 1. The van der Waals surface area contributed by atoms with E-state index in [9.17, 15) is 4.79 Å². The van der Waals surface area contributed by atoms with Crippen LogP contribution >= 0.6 is 0 Å². The topological polar surface area (TPSA) is 59.8 Å². The standard InChI is InChI=1S/C24H22N4O/c29-24(21-14-23(17-10-11-17)27-22-9-4-3-8-20(21)22)25-15-18-6-1-2-7-19(18)16-28-13-5-12-26-28/h1-9,12-14,17H,10-11,15-16H2,(H,25,29). The molecule has 1 saturated carbocycles. The third-order valence-corrected chi connectivity index (χ3v) is 5.43. The molecule has 0 saturated heterocycles. The van der Waals surface area contributed by atoms with Crippen LogP contribution < -0.4 is 5.32 Å². The molecule has 1 fully saturated rings. The number of amides is 1. The number of rotatable bonds is 6. The van der Waals surface area contributed by atoms with Gasteiger partial charge >= 0.3 is 0 Å². The van der Waals surface area contributed by atoms with Crippen molar-refractivity contribution in [2.45, 2.75) is 31.8 Å². The normalized spacial score (nSPS) is 13.5. The van der Waals surface area contributed by atoms with Crippen LogP contribution in [0.15, 0.2) is 73.1 Å². The molecule has 0 aliphatic heterocycles. The van der Waals surface area contributed by atoms with Gasteiger partial charge < -0.3 is 5.32 Å². The van der Waals surface area contributed by atoms with Crippen LogP contribution in [0.5, 0.6) is 0 Å². The number of carbonyl (C=O) groups is 1. The molecule has 1 N–H and O–H groups in total. The molecule has 144 valence electrons. The van der Waals surface area contributed by atoms with Gasteiger partial charge in [-0.2, -0.15) is 5.10 Å². The van der Waals surface area contributed by atoms with E-state index in [2.05, 4.69) is 22.5 Å². The summed E-state index contributed by atoms with van der Waals surface area (Å²) in [7, 11) is 0. The minimum atomic E-state index is -0.0561. The second-order valence-electron chi connectivity index (χ2n) is 7.54. The van der Waals surface area contributed by atoms with Crippen molar-refractivity contribution in [3.8, 4) is 0 Å². The van der Waals surface area contributed by atoms with Crippen LogP contribution in [0.1, 0.15) is 45.9 Å². The summed E-state index contributed by atoms with van der Waals surface area (Å²) in [6.07, 6.45) is 6.04. The SMILES string of the molecule is O=C(NCc1ccccc1Cn1cccn1)c1cc(C2CC2)nc2ccccc12. The highest BCUT2D eigenvalue weighted by Gasteiger charge is 2.26. The Bertz CT molecular complexity index is 1160. The Labute approximate surface area is 169 Å². The van der Waals surface area contributed by atoms with Crippen LogP contribution in [0.25, 0.3) is 10.9 Å². The number of nitrogens with zero attached hydrogens (tertiary/aromatic N) is 3. The molecule has 5 heteroatoms. The van der Waals surface area contributed by atoms with Crippen molar-refractivity contribution in [2.24, 2.45) is 0 Å². The lowest BCUT2D eigenvalue weighted by Gasteiger charge is -2.13. The van der Waals surface area contributed by atoms with Crippen LogP contribution in [-0.2, 0) is 13.1 Å². The average molecular weight is 382 g/mol. The van der Waals surface area contributed by atoms with Crippen LogP contribution in [0.4, 0.5) is 0 Å². The predicted molar refractivity (Wildman–Crippen MR) is 113 cm³/mol. The van der Waals surface area contributed by atoms with E-state index in [-0.39, 0.29) is 5.91 Å². The fourth-order valence-corrected chi connectivity index (χ4v) is 3.70. The number of aromatic nitrogens is 3. The maximum absolute atomic E-state index is 13.1. The first-order valence-electron chi connectivity index (χ1n) is 10.00. The Balaban J connectivity index is 1.39. The number of para-hydroxylation sites is 1. The zero-order chi connectivity index (χ0) is 19.6. The zero-order valence-corrected chi connectivity index (χ0v) is 16.1. The van der Waals surface area contributed by atoms with E-state index in [1.165, 1.54) is 0 Å². The fraction of sp³-hybridized carbons (Fsp3) is 0.208. The van der Waals surface area contributed by atoms with Gasteiger partial charge in [-0.3, -0.25) is 14.5 Å². The number of benzene rings is 2. The molecule has 4 aromatic rings. The van der Waals surface area contributed by atoms with Crippen LogP contribution in [0.2, 0.25) is 0 Å². The van der Waals surface area contributed by atoms with E-state index >= 15 is 0 Å². The second-order valence-corrected chi connectivity index (χ2v) is 7.54. The Morgan fingerprint density at radius 3 is 2.62 bits per heavy atom. The molecule has 0 bridgehead atoms. The summed E-state index contributed by atoms with van der Waals surface area (Å²) in [5.41, 5.74) is 4.88. The molecule has 0 atom stereocenters. The third-order valence-electron chi connectivity index (χ3n) is 5.43.